The zero-order chi connectivity index (χ0) is 14.7. The monoisotopic (exact) mass is 289 g/mol. The number of anilines is 1. The lowest BCUT2D eigenvalue weighted by Crippen LogP contribution is -2.27. The van der Waals surface area contributed by atoms with E-state index in [4.69, 9.17) is 0 Å². The molecule has 1 aromatic carbocycles. The number of benzene rings is 1. The number of urea groups is 1. The minimum Gasteiger partial charge on any atom is -0.331 e. The minimum atomic E-state index is -0.396. The van der Waals surface area contributed by atoms with Gasteiger partial charge in [0.05, 0.1) is 5.56 Å². The molecule has 1 heterocycles. The van der Waals surface area contributed by atoms with Crippen molar-refractivity contribution in [3.63, 3.8) is 0 Å². The molecule has 2 aromatic rings. The summed E-state index contributed by atoms with van der Waals surface area (Å²) in [7, 11) is 3.21. The number of nitriles is 1. The van der Waals surface area contributed by atoms with E-state index in [0.29, 0.717) is 16.1 Å². The van der Waals surface area contributed by atoms with E-state index in [0.717, 1.165) is 0 Å². The second-order valence-electron chi connectivity index (χ2n) is 4.27. The number of carbonyl (C=O) groups is 1. The number of halogens is 1. The molecule has 0 spiro atoms. The van der Waals surface area contributed by atoms with Crippen molar-refractivity contribution < 1.29 is 9.18 Å². The fourth-order valence-electron chi connectivity index (χ4n) is 1.65. The van der Waals surface area contributed by atoms with Crippen LogP contribution in [0.1, 0.15) is 5.56 Å². The summed E-state index contributed by atoms with van der Waals surface area (Å²) in [6.07, 6.45) is 0. The second-order valence-corrected chi connectivity index (χ2v) is 5.15. The topological polar surface area (TPSA) is 56.1 Å². The Balaban J connectivity index is 2.44. The molecule has 0 saturated heterocycles. The molecule has 0 unspecified atom stereocenters. The zero-order valence-electron chi connectivity index (χ0n) is 11.0. The molecule has 0 bridgehead atoms. The van der Waals surface area contributed by atoms with Crippen molar-refractivity contribution in [2.24, 2.45) is 0 Å². The molecule has 4 nitrogen and oxygen atoms in total. The van der Waals surface area contributed by atoms with Gasteiger partial charge in [0.2, 0.25) is 0 Å². The molecule has 0 saturated carbocycles. The van der Waals surface area contributed by atoms with Crippen LogP contribution >= 0.6 is 11.3 Å². The molecule has 0 aliphatic carbocycles. The Morgan fingerprint density at radius 3 is 2.65 bits per heavy atom. The normalized spacial score (nSPS) is 9.90. The van der Waals surface area contributed by atoms with Crippen LogP contribution in [0.25, 0.3) is 11.1 Å². The predicted molar refractivity (Wildman–Crippen MR) is 77.1 cm³/mol. The number of nitrogens with one attached hydrogen (secondary N) is 1. The number of nitrogens with zero attached hydrogens (tertiary/aromatic N) is 2. The molecule has 0 radical (unpaired) electrons. The molecular weight excluding hydrogens is 277 g/mol. The van der Waals surface area contributed by atoms with Crippen molar-refractivity contribution >= 4 is 22.4 Å². The standard InChI is InChI=1S/C14H12FN3OS/c1-18(2)14(19)17-13-10(7-16)11(8-20-13)9-5-3-4-6-12(9)15/h3-6,8H,1-2H3,(H,17,19). The van der Waals surface area contributed by atoms with Crippen LogP contribution < -0.4 is 5.32 Å². The van der Waals surface area contributed by atoms with Gasteiger partial charge in [0.25, 0.3) is 0 Å². The Kier molecular flexibility index (Phi) is 4.01. The maximum atomic E-state index is 13.8. The van der Waals surface area contributed by atoms with Gasteiger partial charge < -0.3 is 4.90 Å². The van der Waals surface area contributed by atoms with Crippen LogP contribution in [0.4, 0.5) is 14.2 Å². The van der Waals surface area contributed by atoms with Gasteiger partial charge in [-0.1, -0.05) is 18.2 Å². The summed E-state index contributed by atoms with van der Waals surface area (Å²) in [5, 5.41) is 14.0. The molecule has 2 rings (SSSR count). The Labute approximate surface area is 120 Å². The molecule has 0 fully saturated rings. The molecule has 20 heavy (non-hydrogen) atoms. The largest absolute Gasteiger partial charge is 0.331 e. The first-order valence-electron chi connectivity index (χ1n) is 5.79. The maximum absolute atomic E-state index is 13.8. The molecule has 6 heteroatoms. The number of hydrogen-bond acceptors (Lipinski definition) is 3. The SMILES string of the molecule is CN(C)C(=O)Nc1scc(-c2ccccc2F)c1C#N. The third-order valence-electron chi connectivity index (χ3n) is 2.69. The second kappa shape index (κ2) is 5.72. The van der Waals surface area contributed by atoms with Gasteiger partial charge >= 0.3 is 6.03 Å². The summed E-state index contributed by atoms with van der Waals surface area (Å²) in [5.41, 5.74) is 1.12. The number of amides is 2. The number of hydrogen-bond donors (Lipinski definition) is 1. The number of thiophene rings is 1. The van der Waals surface area contributed by atoms with Crippen LogP contribution in [0.15, 0.2) is 29.6 Å². The summed E-state index contributed by atoms with van der Waals surface area (Å²) in [5.74, 6) is -0.396. The van der Waals surface area contributed by atoms with E-state index in [1.54, 1.807) is 37.7 Å². The van der Waals surface area contributed by atoms with E-state index in [2.05, 4.69) is 5.32 Å². The average molecular weight is 289 g/mol. The summed E-state index contributed by atoms with van der Waals surface area (Å²) in [6, 6.07) is 7.93. The van der Waals surface area contributed by atoms with Crippen molar-refractivity contribution in [1.82, 2.24) is 4.90 Å². The van der Waals surface area contributed by atoms with Crippen LogP contribution in [0.2, 0.25) is 0 Å². The third-order valence-corrected chi connectivity index (χ3v) is 3.59. The van der Waals surface area contributed by atoms with Crippen molar-refractivity contribution in [1.29, 1.82) is 5.26 Å². The van der Waals surface area contributed by atoms with E-state index in [1.807, 2.05) is 6.07 Å². The van der Waals surface area contributed by atoms with Crippen molar-refractivity contribution in [2.45, 2.75) is 0 Å². The summed E-state index contributed by atoms with van der Waals surface area (Å²) in [6.45, 7) is 0. The van der Waals surface area contributed by atoms with E-state index in [1.165, 1.54) is 22.3 Å². The lowest BCUT2D eigenvalue weighted by Gasteiger charge is -2.10. The molecule has 102 valence electrons. The highest BCUT2D eigenvalue weighted by molar-refractivity contribution is 7.15. The van der Waals surface area contributed by atoms with E-state index >= 15 is 0 Å². The first-order valence-corrected chi connectivity index (χ1v) is 6.67. The van der Waals surface area contributed by atoms with Crippen LogP contribution in [-0.2, 0) is 0 Å². The van der Waals surface area contributed by atoms with Crippen molar-refractivity contribution in [2.75, 3.05) is 19.4 Å². The van der Waals surface area contributed by atoms with Gasteiger partial charge in [-0.2, -0.15) is 5.26 Å². The Bertz CT molecular complexity index is 688. The Morgan fingerprint density at radius 1 is 1.35 bits per heavy atom. The average Bonchev–Trinajstić information content (AvgIpc) is 2.81. The van der Waals surface area contributed by atoms with Crippen LogP contribution in [0.5, 0.6) is 0 Å². The molecule has 1 N–H and O–H groups in total. The predicted octanol–water partition coefficient (Wildman–Crippen LogP) is 3.52. The molecule has 0 aliphatic rings. The van der Waals surface area contributed by atoms with Crippen molar-refractivity contribution in [3.8, 4) is 17.2 Å². The fraction of sp³-hybridized carbons (Fsp3) is 0.143. The number of carbonyl (C=O) groups excluding carboxylic acids is 1. The summed E-state index contributed by atoms with van der Waals surface area (Å²) >= 11 is 1.20. The Hall–Kier alpha value is -2.39. The van der Waals surface area contributed by atoms with Crippen LogP contribution in [0.3, 0.4) is 0 Å². The molecule has 1 aromatic heterocycles. The lowest BCUT2D eigenvalue weighted by molar-refractivity contribution is 0.231. The van der Waals surface area contributed by atoms with Gasteiger partial charge in [-0.05, 0) is 6.07 Å². The van der Waals surface area contributed by atoms with Crippen LogP contribution in [0, 0.1) is 17.1 Å². The van der Waals surface area contributed by atoms with Crippen molar-refractivity contribution in [3.05, 3.63) is 41.0 Å². The zero-order valence-corrected chi connectivity index (χ0v) is 11.8. The van der Waals surface area contributed by atoms with Gasteiger partial charge in [-0.25, -0.2) is 9.18 Å². The molecule has 0 aliphatic heterocycles. The molecule has 0 atom stereocenters. The molecular formula is C14H12FN3OS. The molecule has 2 amide bonds. The van der Waals surface area contributed by atoms with Gasteiger partial charge in [0.15, 0.2) is 0 Å². The quantitative estimate of drug-likeness (QED) is 0.919. The van der Waals surface area contributed by atoms with E-state index < -0.39 is 5.82 Å². The third kappa shape index (κ3) is 2.63. The number of rotatable bonds is 2. The lowest BCUT2D eigenvalue weighted by atomic mass is 10.0. The van der Waals surface area contributed by atoms with Crippen LogP contribution in [-0.4, -0.2) is 25.0 Å². The van der Waals surface area contributed by atoms with Gasteiger partial charge in [0.1, 0.15) is 16.9 Å². The highest BCUT2D eigenvalue weighted by Crippen LogP contribution is 2.36. The first-order chi connectivity index (χ1) is 9.54. The van der Waals surface area contributed by atoms with E-state index in [-0.39, 0.29) is 11.6 Å². The minimum absolute atomic E-state index is 0.273. The smallest absolute Gasteiger partial charge is 0.321 e. The van der Waals surface area contributed by atoms with Gasteiger partial charge in [-0.15, -0.1) is 11.3 Å². The maximum Gasteiger partial charge on any atom is 0.321 e. The van der Waals surface area contributed by atoms with Gasteiger partial charge in [-0.3, -0.25) is 5.32 Å². The highest BCUT2D eigenvalue weighted by atomic mass is 32.1. The first kappa shape index (κ1) is 14.0. The summed E-state index contributed by atoms with van der Waals surface area (Å²) < 4.78 is 13.8. The summed E-state index contributed by atoms with van der Waals surface area (Å²) in [4.78, 5) is 13.0. The Morgan fingerprint density at radius 2 is 2.05 bits per heavy atom. The highest BCUT2D eigenvalue weighted by Gasteiger charge is 2.17. The fourth-order valence-corrected chi connectivity index (χ4v) is 2.55. The van der Waals surface area contributed by atoms with E-state index in [9.17, 15) is 14.4 Å². The van der Waals surface area contributed by atoms with Gasteiger partial charge in [0, 0.05) is 30.6 Å².